The molecule has 0 unspecified atom stereocenters. The molecule has 0 N–H and O–H groups in total. The van der Waals surface area contributed by atoms with Crippen molar-refractivity contribution in [3.8, 4) is 0 Å². The fraction of sp³-hybridized carbons (Fsp3) is 0.545. The summed E-state index contributed by atoms with van der Waals surface area (Å²) in [6, 6.07) is 9.44. The lowest BCUT2D eigenvalue weighted by molar-refractivity contribution is 0.0516. The zero-order valence-corrected chi connectivity index (χ0v) is 15.8. The maximum atomic E-state index is 13.0. The largest absolute Gasteiger partial charge is 0.350 e. The average Bonchev–Trinajstić information content (AvgIpc) is 3.17. The van der Waals surface area contributed by atoms with Gasteiger partial charge in [-0.05, 0) is 56.1 Å². The van der Waals surface area contributed by atoms with Gasteiger partial charge in [0.25, 0.3) is 5.91 Å². The monoisotopic (exact) mass is 365 g/mol. The third-order valence-corrected chi connectivity index (χ3v) is 6.59. The number of aryl methyl sites for hydroxylation is 2. The number of piperazine rings is 1. The van der Waals surface area contributed by atoms with Crippen LogP contribution in [-0.4, -0.2) is 53.1 Å². The summed E-state index contributed by atoms with van der Waals surface area (Å²) in [5, 5.41) is 4.15. The van der Waals surface area contributed by atoms with Gasteiger partial charge < -0.3 is 9.42 Å². The van der Waals surface area contributed by atoms with E-state index < -0.39 is 0 Å². The predicted octanol–water partition coefficient (Wildman–Crippen LogP) is 2.87. The van der Waals surface area contributed by atoms with Crippen LogP contribution in [0.2, 0.25) is 0 Å². The highest BCUT2D eigenvalue weighted by Crippen LogP contribution is 2.27. The Labute approximate surface area is 160 Å². The predicted molar refractivity (Wildman–Crippen MR) is 103 cm³/mol. The standard InChI is InChI=1S/C22H27N3O2/c26-22(21-19-7-3-4-8-20(19)23-27-21)25-13-11-24(12-14-25)18-10-9-16-5-1-2-6-17(16)15-18/h1-2,5-6,18H,3-4,7-15H2/t18-/m1/s1. The van der Waals surface area contributed by atoms with E-state index in [2.05, 4.69) is 34.3 Å². The maximum absolute atomic E-state index is 13.0. The molecule has 1 amide bonds. The summed E-state index contributed by atoms with van der Waals surface area (Å²) in [5.74, 6) is 0.545. The van der Waals surface area contributed by atoms with E-state index in [4.69, 9.17) is 4.52 Å². The second kappa shape index (κ2) is 7.12. The van der Waals surface area contributed by atoms with E-state index in [9.17, 15) is 4.79 Å². The van der Waals surface area contributed by atoms with E-state index in [0.29, 0.717) is 11.8 Å². The van der Waals surface area contributed by atoms with E-state index in [0.717, 1.165) is 69.5 Å². The number of benzene rings is 1. The molecule has 2 heterocycles. The highest BCUT2D eigenvalue weighted by atomic mass is 16.5. The Hall–Kier alpha value is -2.14. The van der Waals surface area contributed by atoms with Gasteiger partial charge in [0, 0.05) is 37.8 Å². The highest BCUT2D eigenvalue weighted by molar-refractivity contribution is 5.93. The number of amides is 1. The molecule has 3 aliphatic rings. The first-order chi connectivity index (χ1) is 13.3. The number of carbonyl (C=O) groups is 1. The lowest BCUT2D eigenvalue weighted by Gasteiger charge is -2.41. The molecular formula is C22H27N3O2. The second-order valence-corrected chi connectivity index (χ2v) is 8.14. The molecule has 2 aliphatic carbocycles. The van der Waals surface area contributed by atoms with Crippen LogP contribution in [0.1, 0.15) is 52.2 Å². The molecule has 5 rings (SSSR count). The van der Waals surface area contributed by atoms with Gasteiger partial charge in [0.1, 0.15) is 0 Å². The van der Waals surface area contributed by atoms with E-state index in [-0.39, 0.29) is 5.91 Å². The summed E-state index contributed by atoms with van der Waals surface area (Å²) in [5.41, 5.74) is 5.08. The topological polar surface area (TPSA) is 49.6 Å². The minimum atomic E-state index is 0.0410. The van der Waals surface area contributed by atoms with Crippen LogP contribution >= 0.6 is 0 Å². The lowest BCUT2D eigenvalue weighted by atomic mass is 9.87. The summed E-state index contributed by atoms with van der Waals surface area (Å²) < 4.78 is 5.46. The van der Waals surface area contributed by atoms with Crippen molar-refractivity contribution in [2.75, 3.05) is 26.2 Å². The average molecular weight is 365 g/mol. The number of hydrogen-bond donors (Lipinski definition) is 0. The minimum absolute atomic E-state index is 0.0410. The highest BCUT2D eigenvalue weighted by Gasteiger charge is 2.32. The summed E-state index contributed by atoms with van der Waals surface area (Å²) in [6.07, 6.45) is 7.69. The van der Waals surface area contributed by atoms with Gasteiger partial charge >= 0.3 is 0 Å². The van der Waals surface area contributed by atoms with Crippen molar-refractivity contribution in [3.63, 3.8) is 0 Å². The Bertz CT molecular complexity index is 836. The fourth-order valence-electron chi connectivity index (χ4n) is 4.98. The molecular weight excluding hydrogens is 338 g/mol. The summed E-state index contributed by atoms with van der Waals surface area (Å²) in [6.45, 7) is 3.47. The van der Waals surface area contributed by atoms with Crippen molar-refractivity contribution in [2.24, 2.45) is 0 Å². The smallest absolute Gasteiger partial charge is 0.292 e. The van der Waals surface area contributed by atoms with Crippen LogP contribution in [0, 0.1) is 0 Å². The Morgan fingerprint density at radius 3 is 2.63 bits per heavy atom. The number of fused-ring (bicyclic) bond motifs is 2. The minimum Gasteiger partial charge on any atom is -0.350 e. The van der Waals surface area contributed by atoms with Crippen LogP contribution in [0.5, 0.6) is 0 Å². The van der Waals surface area contributed by atoms with Gasteiger partial charge in [0.2, 0.25) is 5.76 Å². The van der Waals surface area contributed by atoms with E-state index in [1.165, 1.54) is 24.0 Å². The van der Waals surface area contributed by atoms with Crippen molar-refractivity contribution in [1.82, 2.24) is 15.0 Å². The van der Waals surface area contributed by atoms with Crippen molar-refractivity contribution in [1.29, 1.82) is 0 Å². The number of rotatable bonds is 2. The molecule has 1 saturated heterocycles. The third kappa shape index (κ3) is 3.18. The van der Waals surface area contributed by atoms with Crippen molar-refractivity contribution in [3.05, 3.63) is 52.4 Å². The van der Waals surface area contributed by atoms with Crippen LogP contribution in [-0.2, 0) is 25.7 Å². The summed E-state index contributed by atoms with van der Waals surface area (Å²) >= 11 is 0. The Kier molecular flexibility index (Phi) is 4.48. The third-order valence-electron chi connectivity index (χ3n) is 6.59. The van der Waals surface area contributed by atoms with Gasteiger partial charge in [-0.1, -0.05) is 29.4 Å². The van der Waals surface area contributed by atoms with Crippen molar-refractivity contribution in [2.45, 2.75) is 51.0 Å². The Morgan fingerprint density at radius 2 is 1.78 bits per heavy atom. The summed E-state index contributed by atoms with van der Waals surface area (Å²) in [7, 11) is 0. The van der Waals surface area contributed by atoms with Gasteiger partial charge in [-0.15, -0.1) is 0 Å². The van der Waals surface area contributed by atoms with Gasteiger partial charge in [0.15, 0.2) is 0 Å². The van der Waals surface area contributed by atoms with Gasteiger partial charge in [-0.25, -0.2) is 0 Å². The van der Waals surface area contributed by atoms with E-state index in [1.807, 2.05) is 4.90 Å². The molecule has 0 spiro atoms. The maximum Gasteiger partial charge on any atom is 0.292 e. The normalized spacial score (nSPS) is 23.0. The molecule has 5 heteroatoms. The zero-order valence-electron chi connectivity index (χ0n) is 15.8. The van der Waals surface area contributed by atoms with Crippen LogP contribution in [0.15, 0.2) is 28.8 Å². The second-order valence-electron chi connectivity index (χ2n) is 8.14. The number of hydrogen-bond acceptors (Lipinski definition) is 4. The van der Waals surface area contributed by atoms with E-state index in [1.54, 1.807) is 0 Å². The SMILES string of the molecule is O=C(c1onc2c1CCCC2)N1CCN([C@@H]2CCc3ccccc3C2)CC1. The lowest BCUT2D eigenvalue weighted by Crippen LogP contribution is -2.53. The molecule has 1 aliphatic heterocycles. The first-order valence-electron chi connectivity index (χ1n) is 10.4. The van der Waals surface area contributed by atoms with Gasteiger partial charge in [-0.2, -0.15) is 0 Å². The number of nitrogens with zero attached hydrogens (tertiary/aromatic N) is 3. The summed E-state index contributed by atoms with van der Waals surface area (Å²) in [4.78, 5) is 17.5. The van der Waals surface area contributed by atoms with Crippen molar-refractivity contribution < 1.29 is 9.32 Å². The molecule has 0 radical (unpaired) electrons. The number of carbonyl (C=O) groups excluding carboxylic acids is 1. The molecule has 1 fully saturated rings. The molecule has 0 saturated carbocycles. The number of aromatic nitrogens is 1. The molecule has 5 nitrogen and oxygen atoms in total. The first-order valence-corrected chi connectivity index (χ1v) is 10.4. The molecule has 1 atom stereocenters. The molecule has 142 valence electrons. The Balaban J connectivity index is 1.22. The zero-order chi connectivity index (χ0) is 18.2. The fourth-order valence-corrected chi connectivity index (χ4v) is 4.98. The molecule has 1 aromatic carbocycles. The van der Waals surface area contributed by atoms with Crippen LogP contribution < -0.4 is 0 Å². The molecule has 1 aromatic heterocycles. The van der Waals surface area contributed by atoms with Crippen LogP contribution in [0.3, 0.4) is 0 Å². The molecule has 2 aromatic rings. The van der Waals surface area contributed by atoms with Crippen LogP contribution in [0.25, 0.3) is 0 Å². The van der Waals surface area contributed by atoms with Crippen molar-refractivity contribution >= 4 is 5.91 Å². The quantitative estimate of drug-likeness (QED) is 0.821. The van der Waals surface area contributed by atoms with Gasteiger partial charge in [-0.3, -0.25) is 9.69 Å². The van der Waals surface area contributed by atoms with E-state index >= 15 is 0 Å². The Morgan fingerprint density at radius 1 is 1.00 bits per heavy atom. The first kappa shape index (κ1) is 17.0. The van der Waals surface area contributed by atoms with Gasteiger partial charge in [0.05, 0.1) is 5.69 Å². The van der Waals surface area contributed by atoms with Crippen LogP contribution in [0.4, 0.5) is 0 Å². The molecule has 0 bridgehead atoms. The molecule has 27 heavy (non-hydrogen) atoms.